The van der Waals surface area contributed by atoms with Gasteiger partial charge >= 0.3 is 5.97 Å². The molecule has 1 N–H and O–H groups in total. The minimum Gasteiger partial charge on any atom is -0.489 e. The molecule has 1 aliphatic rings. The van der Waals surface area contributed by atoms with Crippen LogP contribution < -0.4 is 4.74 Å². The summed E-state index contributed by atoms with van der Waals surface area (Å²) < 4.78 is 5.52. The van der Waals surface area contributed by atoms with Crippen LogP contribution in [-0.2, 0) is 4.79 Å². The van der Waals surface area contributed by atoms with Crippen LogP contribution in [0.25, 0.3) is 0 Å². The van der Waals surface area contributed by atoms with E-state index in [-0.39, 0.29) is 5.92 Å². The number of carboxylic acids is 1. The molecule has 98 valence electrons. The van der Waals surface area contributed by atoms with Crippen molar-refractivity contribution in [1.82, 2.24) is 4.90 Å². The van der Waals surface area contributed by atoms with E-state index in [1.54, 1.807) is 18.2 Å². The minimum atomic E-state index is -0.735. The first-order valence-corrected chi connectivity index (χ1v) is 6.35. The Morgan fingerprint density at radius 3 is 2.56 bits per heavy atom. The van der Waals surface area contributed by atoms with Gasteiger partial charge in [0.05, 0.1) is 16.0 Å². The molecule has 0 saturated carbocycles. The largest absolute Gasteiger partial charge is 0.489 e. The second-order valence-electron chi connectivity index (χ2n) is 4.19. The first-order chi connectivity index (χ1) is 8.58. The van der Waals surface area contributed by atoms with E-state index in [0.29, 0.717) is 42.0 Å². The van der Waals surface area contributed by atoms with Gasteiger partial charge in [-0.1, -0.05) is 29.3 Å². The van der Waals surface area contributed by atoms with E-state index in [9.17, 15) is 4.79 Å². The third-order valence-electron chi connectivity index (χ3n) is 2.88. The second kappa shape index (κ2) is 5.78. The van der Waals surface area contributed by atoms with Crippen molar-refractivity contribution in [3.8, 4) is 5.75 Å². The van der Waals surface area contributed by atoms with Gasteiger partial charge in [-0.15, -0.1) is 0 Å². The fraction of sp³-hybridized carbons (Fsp3) is 0.417. The van der Waals surface area contributed by atoms with Crippen molar-refractivity contribution in [2.45, 2.75) is 0 Å². The van der Waals surface area contributed by atoms with Gasteiger partial charge in [-0.05, 0) is 12.1 Å². The Hall–Kier alpha value is -0.970. The molecule has 1 aliphatic heterocycles. The van der Waals surface area contributed by atoms with E-state index in [2.05, 4.69) is 0 Å². The molecule has 0 spiro atoms. The van der Waals surface area contributed by atoms with Crippen LogP contribution >= 0.6 is 23.2 Å². The van der Waals surface area contributed by atoms with Gasteiger partial charge in [-0.3, -0.25) is 9.69 Å². The normalized spacial score (nSPS) is 16.3. The maximum atomic E-state index is 10.6. The minimum absolute atomic E-state index is 0.242. The summed E-state index contributed by atoms with van der Waals surface area (Å²) in [5.74, 6) is -0.494. The van der Waals surface area contributed by atoms with Gasteiger partial charge in [0.15, 0.2) is 5.75 Å². The van der Waals surface area contributed by atoms with Crippen molar-refractivity contribution < 1.29 is 14.6 Å². The van der Waals surface area contributed by atoms with Crippen LogP contribution in [0.5, 0.6) is 5.75 Å². The predicted molar refractivity (Wildman–Crippen MR) is 69.5 cm³/mol. The number of carboxylic acid groups (broad SMARTS) is 1. The molecule has 1 fully saturated rings. The molecular formula is C12H13Cl2NO3. The summed E-state index contributed by atoms with van der Waals surface area (Å²) in [4.78, 5) is 12.6. The number of rotatable bonds is 5. The standard InChI is InChI=1S/C12H13Cl2NO3/c13-9-2-1-3-10(14)11(9)18-5-4-15-6-8(7-15)12(16)17/h1-3,8H,4-7H2,(H,16,17). The highest BCUT2D eigenvalue weighted by atomic mass is 35.5. The zero-order valence-corrected chi connectivity index (χ0v) is 11.1. The summed E-state index contributed by atoms with van der Waals surface area (Å²) >= 11 is 11.9. The third kappa shape index (κ3) is 3.07. The molecule has 1 saturated heterocycles. The number of aliphatic carboxylic acids is 1. The SMILES string of the molecule is O=C(O)C1CN(CCOc2c(Cl)cccc2Cl)C1. The van der Waals surface area contributed by atoms with Crippen LogP contribution in [0.3, 0.4) is 0 Å². The number of ether oxygens (including phenoxy) is 1. The fourth-order valence-corrected chi connectivity index (χ4v) is 2.31. The van der Waals surface area contributed by atoms with Crippen LogP contribution in [0.15, 0.2) is 18.2 Å². The smallest absolute Gasteiger partial charge is 0.309 e. The topological polar surface area (TPSA) is 49.8 Å². The van der Waals surface area contributed by atoms with Gasteiger partial charge in [0.25, 0.3) is 0 Å². The molecule has 2 rings (SSSR count). The fourth-order valence-electron chi connectivity index (χ4n) is 1.81. The Morgan fingerprint density at radius 2 is 2.00 bits per heavy atom. The number of nitrogens with zero attached hydrogens (tertiary/aromatic N) is 1. The molecule has 1 aromatic rings. The summed E-state index contributed by atoms with van der Waals surface area (Å²) in [5, 5.41) is 9.70. The molecule has 0 unspecified atom stereocenters. The predicted octanol–water partition coefficient (Wildman–Crippen LogP) is 2.39. The lowest BCUT2D eigenvalue weighted by Gasteiger charge is -2.36. The molecule has 1 heterocycles. The van der Waals surface area contributed by atoms with E-state index < -0.39 is 5.97 Å². The highest BCUT2D eigenvalue weighted by Gasteiger charge is 2.31. The Morgan fingerprint density at radius 1 is 1.39 bits per heavy atom. The van der Waals surface area contributed by atoms with Crippen molar-refractivity contribution in [3.05, 3.63) is 28.2 Å². The third-order valence-corrected chi connectivity index (χ3v) is 3.47. The summed E-state index contributed by atoms with van der Waals surface area (Å²) in [6.07, 6.45) is 0. The van der Waals surface area contributed by atoms with Crippen LogP contribution in [-0.4, -0.2) is 42.2 Å². The molecule has 0 radical (unpaired) electrons. The molecule has 0 bridgehead atoms. The molecule has 0 aromatic heterocycles. The second-order valence-corrected chi connectivity index (χ2v) is 5.01. The van der Waals surface area contributed by atoms with Crippen LogP contribution in [0.1, 0.15) is 0 Å². The summed E-state index contributed by atoms with van der Waals surface area (Å²) in [6.45, 7) is 2.27. The van der Waals surface area contributed by atoms with Crippen molar-refractivity contribution in [1.29, 1.82) is 0 Å². The van der Waals surface area contributed by atoms with Gasteiger partial charge in [-0.2, -0.15) is 0 Å². The molecular weight excluding hydrogens is 277 g/mol. The summed E-state index contributed by atoms with van der Waals surface area (Å²) in [5.41, 5.74) is 0. The number of hydrogen-bond donors (Lipinski definition) is 1. The number of para-hydroxylation sites is 1. The Bertz CT molecular complexity index is 427. The van der Waals surface area contributed by atoms with Crippen molar-refractivity contribution in [2.24, 2.45) is 5.92 Å². The van der Waals surface area contributed by atoms with Crippen molar-refractivity contribution in [2.75, 3.05) is 26.2 Å². The van der Waals surface area contributed by atoms with E-state index >= 15 is 0 Å². The Kier molecular flexibility index (Phi) is 4.32. The maximum absolute atomic E-state index is 10.6. The summed E-state index contributed by atoms with van der Waals surface area (Å²) in [6, 6.07) is 5.18. The Labute approximate surface area is 115 Å². The van der Waals surface area contributed by atoms with Crippen molar-refractivity contribution in [3.63, 3.8) is 0 Å². The van der Waals surface area contributed by atoms with Gasteiger partial charge < -0.3 is 9.84 Å². The molecule has 0 atom stereocenters. The summed E-state index contributed by atoms with van der Waals surface area (Å²) in [7, 11) is 0. The average Bonchev–Trinajstić information content (AvgIpc) is 2.24. The number of carbonyl (C=O) groups is 1. The molecule has 18 heavy (non-hydrogen) atoms. The average molecular weight is 290 g/mol. The van der Waals surface area contributed by atoms with Gasteiger partial charge in [0.2, 0.25) is 0 Å². The number of hydrogen-bond acceptors (Lipinski definition) is 3. The van der Waals surface area contributed by atoms with E-state index in [4.69, 9.17) is 33.0 Å². The lowest BCUT2D eigenvalue weighted by molar-refractivity contribution is -0.147. The number of likely N-dealkylation sites (tertiary alicyclic amines) is 1. The zero-order valence-electron chi connectivity index (χ0n) is 9.60. The van der Waals surface area contributed by atoms with Gasteiger partial charge in [0.1, 0.15) is 6.61 Å². The molecule has 0 amide bonds. The van der Waals surface area contributed by atoms with E-state index in [1.165, 1.54) is 0 Å². The first-order valence-electron chi connectivity index (χ1n) is 5.60. The first kappa shape index (κ1) is 13.5. The number of benzene rings is 1. The molecule has 6 heteroatoms. The van der Waals surface area contributed by atoms with E-state index in [0.717, 1.165) is 0 Å². The highest BCUT2D eigenvalue weighted by Crippen LogP contribution is 2.32. The molecule has 4 nitrogen and oxygen atoms in total. The van der Waals surface area contributed by atoms with Crippen molar-refractivity contribution >= 4 is 29.2 Å². The van der Waals surface area contributed by atoms with Crippen LogP contribution in [0, 0.1) is 5.92 Å². The quantitative estimate of drug-likeness (QED) is 0.904. The van der Waals surface area contributed by atoms with Gasteiger partial charge in [-0.25, -0.2) is 0 Å². The lowest BCUT2D eigenvalue weighted by Crippen LogP contribution is -2.51. The van der Waals surface area contributed by atoms with E-state index in [1.807, 2.05) is 4.90 Å². The maximum Gasteiger partial charge on any atom is 0.309 e. The number of halogens is 2. The lowest BCUT2D eigenvalue weighted by atomic mass is 10.0. The molecule has 0 aliphatic carbocycles. The zero-order chi connectivity index (χ0) is 13.1. The highest BCUT2D eigenvalue weighted by molar-refractivity contribution is 6.37. The van der Waals surface area contributed by atoms with Crippen LogP contribution in [0.2, 0.25) is 10.0 Å². The van der Waals surface area contributed by atoms with Gasteiger partial charge in [0, 0.05) is 19.6 Å². The van der Waals surface area contributed by atoms with Crippen LogP contribution in [0.4, 0.5) is 0 Å². The Balaban J connectivity index is 1.75. The monoisotopic (exact) mass is 289 g/mol. The molecule has 1 aromatic carbocycles.